The number of hydrogen-bond donors (Lipinski definition) is 1. The van der Waals surface area contributed by atoms with Crippen LogP contribution >= 0.6 is 0 Å². The fourth-order valence-electron chi connectivity index (χ4n) is 6.69. The fourth-order valence-corrected chi connectivity index (χ4v) is 6.69. The maximum atomic E-state index is 14.2. The molecule has 216 valence electrons. The van der Waals surface area contributed by atoms with E-state index in [1.807, 2.05) is 29.8 Å². The number of carbonyl (C=O) groups excluding carboxylic acids is 2. The Hall–Kier alpha value is -3.73. The lowest BCUT2D eigenvalue weighted by Gasteiger charge is -2.47. The summed E-state index contributed by atoms with van der Waals surface area (Å²) in [5.41, 5.74) is 0.591. The summed E-state index contributed by atoms with van der Waals surface area (Å²) in [6.07, 6.45) is 1.39. The molecule has 2 fully saturated rings. The summed E-state index contributed by atoms with van der Waals surface area (Å²) in [4.78, 5) is 25.8. The number of alkyl halides is 3. The number of halogens is 3. The van der Waals surface area contributed by atoms with Crippen LogP contribution in [0.2, 0.25) is 0 Å². The van der Waals surface area contributed by atoms with E-state index in [9.17, 15) is 22.8 Å². The lowest BCUT2D eigenvalue weighted by Crippen LogP contribution is -2.47. The molecule has 1 aromatic heterocycles. The van der Waals surface area contributed by atoms with Crippen molar-refractivity contribution in [1.82, 2.24) is 20.1 Å². The van der Waals surface area contributed by atoms with Gasteiger partial charge in [0.05, 0.1) is 24.1 Å². The SMILES string of the molecule is Cn1cnnc1[C@]1(c2cccc(N3Cc4c(cc(CNC5(C)CCC5)cc4C(F)(F)F)C3=O)c2)C[C@H](COC=O)C1. The van der Waals surface area contributed by atoms with Gasteiger partial charge in [0.2, 0.25) is 0 Å². The Morgan fingerprint density at radius 1 is 1.20 bits per heavy atom. The number of nitrogens with zero attached hydrogens (tertiary/aromatic N) is 4. The van der Waals surface area contributed by atoms with Crippen molar-refractivity contribution >= 4 is 18.1 Å². The van der Waals surface area contributed by atoms with Crippen molar-refractivity contribution in [2.45, 2.75) is 69.2 Å². The molecule has 2 aromatic carbocycles. The van der Waals surface area contributed by atoms with Gasteiger partial charge in [0.15, 0.2) is 0 Å². The molecule has 6 rings (SSSR count). The third kappa shape index (κ3) is 4.79. The van der Waals surface area contributed by atoms with Crippen molar-refractivity contribution in [2.75, 3.05) is 11.5 Å². The largest absolute Gasteiger partial charge is 0.468 e. The van der Waals surface area contributed by atoms with E-state index in [4.69, 9.17) is 4.74 Å². The van der Waals surface area contributed by atoms with Crippen molar-refractivity contribution in [3.8, 4) is 0 Å². The summed E-state index contributed by atoms with van der Waals surface area (Å²) in [5, 5.41) is 11.8. The number of anilines is 1. The van der Waals surface area contributed by atoms with Crippen LogP contribution in [0, 0.1) is 5.92 Å². The van der Waals surface area contributed by atoms with Gasteiger partial charge in [0.1, 0.15) is 12.2 Å². The van der Waals surface area contributed by atoms with E-state index in [0.717, 1.165) is 30.7 Å². The normalized spacial score (nSPS) is 23.1. The smallest absolute Gasteiger partial charge is 0.416 e. The summed E-state index contributed by atoms with van der Waals surface area (Å²) in [7, 11) is 1.85. The lowest BCUT2D eigenvalue weighted by atomic mass is 9.58. The minimum atomic E-state index is -4.58. The van der Waals surface area contributed by atoms with Crippen LogP contribution in [-0.2, 0) is 41.3 Å². The zero-order valence-electron chi connectivity index (χ0n) is 23.0. The van der Waals surface area contributed by atoms with Gasteiger partial charge in [-0.3, -0.25) is 9.59 Å². The monoisotopic (exact) mass is 567 g/mol. The second-order valence-corrected chi connectivity index (χ2v) is 11.9. The molecular formula is C30H32F3N5O3. The molecule has 0 spiro atoms. The molecule has 1 amide bonds. The number of aryl methyl sites for hydroxylation is 1. The first kappa shape index (κ1) is 27.4. The van der Waals surface area contributed by atoms with Crippen LogP contribution in [0.25, 0.3) is 0 Å². The van der Waals surface area contributed by atoms with Crippen molar-refractivity contribution < 1.29 is 27.5 Å². The second-order valence-electron chi connectivity index (χ2n) is 11.9. The first-order valence-corrected chi connectivity index (χ1v) is 13.8. The van der Waals surface area contributed by atoms with Gasteiger partial charge < -0.3 is 19.5 Å². The average molecular weight is 568 g/mol. The topological polar surface area (TPSA) is 89.3 Å². The van der Waals surface area contributed by atoms with E-state index in [-0.39, 0.29) is 35.7 Å². The molecule has 41 heavy (non-hydrogen) atoms. The maximum absolute atomic E-state index is 14.2. The van der Waals surface area contributed by atoms with Gasteiger partial charge in [-0.1, -0.05) is 12.1 Å². The highest BCUT2D eigenvalue weighted by Gasteiger charge is 2.50. The molecule has 3 aliphatic rings. The molecule has 1 aliphatic heterocycles. The number of fused-ring (bicyclic) bond motifs is 1. The molecule has 0 bridgehead atoms. The van der Waals surface area contributed by atoms with Crippen molar-refractivity contribution in [3.05, 3.63) is 76.4 Å². The Bertz CT molecular complexity index is 1490. The minimum Gasteiger partial charge on any atom is -0.468 e. The van der Waals surface area contributed by atoms with E-state index in [0.29, 0.717) is 37.2 Å². The summed E-state index contributed by atoms with van der Waals surface area (Å²) >= 11 is 0. The standard InChI is InChI=1S/C30H32F3N5O3/c1-28(7-4-8-28)34-14-19-9-23-24(25(10-19)30(31,32)33)15-38(26(23)40)22-6-3-5-21(11-22)29(27-36-35-17-37(27)2)12-20(13-29)16-41-18-39/h3,5-6,9-11,17-18,20,34H,4,7-8,12-16H2,1-2H3/t20-,29+. The summed E-state index contributed by atoms with van der Waals surface area (Å²) in [5.74, 6) is 0.421. The van der Waals surface area contributed by atoms with Gasteiger partial charge in [-0.25, -0.2) is 0 Å². The zero-order chi connectivity index (χ0) is 29.0. The highest BCUT2D eigenvalue weighted by atomic mass is 19.4. The van der Waals surface area contributed by atoms with E-state index < -0.39 is 23.1 Å². The highest BCUT2D eigenvalue weighted by molar-refractivity contribution is 6.10. The summed E-state index contributed by atoms with van der Waals surface area (Å²) in [6, 6.07) is 10.2. The molecule has 11 heteroatoms. The first-order valence-electron chi connectivity index (χ1n) is 13.8. The predicted molar refractivity (Wildman–Crippen MR) is 144 cm³/mol. The van der Waals surface area contributed by atoms with Crippen LogP contribution in [0.3, 0.4) is 0 Å². The first-order chi connectivity index (χ1) is 19.5. The predicted octanol–water partition coefficient (Wildman–Crippen LogP) is 4.90. The molecule has 8 nitrogen and oxygen atoms in total. The quantitative estimate of drug-likeness (QED) is 0.370. The van der Waals surface area contributed by atoms with Crippen LogP contribution in [0.1, 0.15) is 77.5 Å². The highest BCUT2D eigenvalue weighted by Crippen LogP contribution is 2.52. The number of amides is 1. The molecule has 2 aliphatic carbocycles. The Kier molecular flexibility index (Phi) is 6.67. The third-order valence-electron chi connectivity index (χ3n) is 9.11. The third-order valence-corrected chi connectivity index (χ3v) is 9.11. The number of rotatable bonds is 9. The molecule has 0 atom stereocenters. The molecular weight excluding hydrogens is 535 g/mol. The summed E-state index contributed by atoms with van der Waals surface area (Å²) in [6.45, 7) is 2.90. The molecule has 2 saturated carbocycles. The van der Waals surface area contributed by atoms with Crippen LogP contribution in [0.15, 0.2) is 42.7 Å². The Morgan fingerprint density at radius 3 is 2.61 bits per heavy atom. The fraction of sp³-hybridized carbons (Fsp3) is 0.467. The minimum absolute atomic E-state index is 0.00393. The molecule has 2 heterocycles. The van der Waals surface area contributed by atoms with E-state index in [2.05, 4.69) is 22.4 Å². The number of aromatic nitrogens is 3. The van der Waals surface area contributed by atoms with Crippen molar-refractivity contribution in [2.24, 2.45) is 13.0 Å². The number of hydrogen-bond acceptors (Lipinski definition) is 6. The molecule has 0 saturated heterocycles. The van der Waals surface area contributed by atoms with Crippen molar-refractivity contribution in [3.63, 3.8) is 0 Å². The average Bonchev–Trinajstić information content (AvgIpc) is 3.48. The lowest BCUT2D eigenvalue weighted by molar-refractivity contribution is -0.138. The van der Waals surface area contributed by atoms with E-state index in [1.54, 1.807) is 18.5 Å². The maximum Gasteiger partial charge on any atom is 0.416 e. The molecule has 0 radical (unpaired) electrons. The molecule has 0 unspecified atom stereocenters. The van der Waals surface area contributed by atoms with Gasteiger partial charge in [-0.2, -0.15) is 13.2 Å². The Morgan fingerprint density at radius 2 is 1.98 bits per heavy atom. The zero-order valence-corrected chi connectivity index (χ0v) is 23.0. The van der Waals surface area contributed by atoms with Crippen LogP contribution < -0.4 is 10.2 Å². The van der Waals surface area contributed by atoms with Crippen LogP contribution in [-0.4, -0.2) is 39.3 Å². The second kappa shape index (κ2) is 9.97. The van der Waals surface area contributed by atoms with E-state index >= 15 is 0 Å². The Labute approximate surface area is 235 Å². The summed E-state index contributed by atoms with van der Waals surface area (Å²) < 4.78 is 49.5. The number of benzene rings is 2. The number of carbonyl (C=O) groups is 2. The van der Waals surface area contributed by atoms with Gasteiger partial charge in [-0.05, 0) is 85.9 Å². The van der Waals surface area contributed by atoms with Gasteiger partial charge in [0.25, 0.3) is 12.4 Å². The van der Waals surface area contributed by atoms with Gasteiger partial charge in [-0.15, -0.1) is 10.2 Å². The van der Waals surface area contributed by atoms with Gasteiger partial charge >= 0.3 is 6.18 Å². The van der Waals surface area contributed by atoms with Crippen LogP contribution in [0.5, 0.6) is 0 Å². The Balaban J connectivity index is 1.32. The van der Waals surface area contributed by atoms with Crippen molar-refractivity contribution in [1.29, 1.82) is 0 Å². The number of nitrogens with one attached hydrogen (secondary N) is 1. The van der Waals surface area contributed by atoms with Gasteiger partial charge in [0, 0.05) is 30.4 Å². The van der Waals surface area contributed by atoms with E-state index in [1.165, 1.54) is 11.0 Å². The van der Waals surface area contributed by atoms with Crippen LogP contribution in [0.4, 0.5) is 18.9 Å². The molecule has 1 N–H and O–H groups in total. The number of ether oxygens (including phenoxy) is 1. The molecule has 3 aromatic rings.